The van der Waals surface area contributed by atoms with Crippen LogP contribution in [-0.4, -0.2) is 0 Å². The standard InChI is InChI=1S/C28H26N2/c29-25-17-9-10-18-26(25)30-28-24(20-11-3-1-4-12-20)19-22-15-7-8-16-23(22)27(28)21-13-5-2-6-14-21/h1-6,9-14,17-19,30H,7-8,15-16,29H2. The molecule has 1 aliphatic carbocycles. The van der Waals surface area contributed by atoms with Crippen molar-refractivity contribution < 1.29 is 0 Å². The van der Waals surface area contributed by atoms with Gasteiger partial charge in [0.05, 0.1) is 17.1 Å². The first-order chi connectivity index (χ1) is 14.8. The summed E-state index contributed by atoms with van der Waals surface area (Å²) >= 11 is 0. The van der Waals surface area contributed by atoms with Crippen molar-refractivity contribution in [2.45, 2.75) is 25.7 Å². The Labute approximate surface area is 178 Å². The molecule has 0 spiro atoms. The van der Waals surface area contributed by atoms with Gasteiger partial charge in [-0.05, 0) is 66.1 Å². The van der Waals surface area contributed by atoms with Gasteiger partial charge in [-0.25, -0.2) is 0 Å². The molecule has 0 amide bonds. The fourth-order valence-electron chi connectivity index (χ4n) is 4.55. The summed E-state index contributed by atoms with van der Waals surface area (Å²) in [6.07, 6.45) is 4.76. The highest BCUT2D eigenvalue weighted by Gasteiger charge is 2.22. The van der Waals surface area contributed by atoms with Gasteiger partial charge in [0.2, 0.25) is 0 Å². The van der Waals surface area contributed by atoms with Crippen molar-refractivity contribution in [2.75, 3.05) is 11.1 Å². The van der Waals surface area contributed by atoms with Crippen molar-refractivity contribution in [3.8, 4) is 22.3 Å². The van der Waals surface area contributed by atoms with Gasteiger partial charge in [-0.1, -0.05) is 72.8 Å². The summed E-state index contributed by atoms with van der Waals surface area (Å²) in [6.45, 7) is 0. The monoisotopic (exact) mass is 390 g/mol. The highest BCUT2D eigenvalue weighted by Crippen LogP contribution is 2.45. The van der Waals surface area contributed by atoms with Crippen molar-refractivity contribution >= 4 is 17.1 Å². The normalized spacial score (nSPS) is 12.9. The number of nitrogens with two attached hydrogens (primary N) is 1. The molecule has 0 aromatic heterocycles. The molecule has 2 heteroatoms. The zero-order valence-electron chi connectivity index (χ0n) is 17.1. The van der Waals surface area contributed by atoms with Crippen LogP contribution in [0.4, 0.5) is 17.1 Å². The van der Waals surface area contributed by atoms with Crippen LogP contribution < -0.4 is 11.1 Å². The van der Waals surface area contributed by atoms with E-state index in [-0.39, 0.29) is 0 Å². The number of hydrogen-bond donors (Lipinski definition) is 2. The summed E-state index contributed by atoms with van der Waals surface area (Å²) in [5.41, 5.74) is 17.2. The van der Waals surface area contributed by atoms with E-state index in [2.05, 4.69) is 78.1 Å². The molecule has 1 aliphatic rings. The summed E-state index contributed by atoms with van der Waals surface area (Å²) in [6, 6.07) is 31.9. The smallest absolute Gasteiger partial charge is 0.0618 e. The molecule has 0 bridgehead atoms. The molecule has 4 aromatic carbocycles. The predicted molar refractivity (Wildman–Crippen MR) is 128 cm³/mol. The molecule has 0 atom stereocenters. The van der Waals surface area contributed by atoms with E-state index in [0.29, 0.717) is 0 Å². The lowest BCUT2D eigenvalue weighted by molar-refractivity contribution is 0.687. The van der Waals surface area contributed by atoms with Crippen LogP contribution in [0.15, 0.2) is 91.0 Å². The maximum Gasteiger partial charge on any atom is 0.0618 e. The number of hydrogen-bond acceptors (Lipinski definition) is 2. The maximum atomic E-state index is 6.32. The van der Waals surface area contributed by atoms with E-state index in [1.165, 1.54) is 46.2 Å². The van der Waals surface area contributed by atoms with Crippen molar-refractivity contribution in [3.63, 3.8) is 0 Å². The van der Waals surface area contributed by atoms with E-state index in [1.807, 2.05) is 18.2 Å². The van der Waals surface area contributed by atoms with Crippen LogP contribution in [0.2, 0.25) is 0 Å². The minimum Gasteiger partial charge on any atom is -0.397 e. The Morgan fingerprint density at radius 1 is 0.667 bits per heavy atom. The van der Waals surface area contributed by atoms with Crippen LogP contribution in [0, 0.1) is 0 Å². The van der Waals surface area contributed by atoms with Gasteiger partial charge in [0.25, 0.3) is 0 Å². The number of nitrogen functional groups attached to an aromatic ring is 1. The van der Waals surface area contributed by atoms with Gasteiger partial charge >= 0.3 is 0 Å². The highest BCUT2D eigenvalue weighted by molar-refractivity contribution is 5.96. The SMILES string of the molecule is Nc1ccccc1Nc1c(-c2ccccc2)cc2c(c1-c1ccccc1)CCCC2. The lowest BCUT2D eigenvalue weighted by Crippen LogP contribution is -2.09. The molecular weight excluding hydrogens is 364 g/mol. The Hall–Kier alpha value is -3.52. The minimum atomic E-state index is 0.758. The molecule has 2 nitrogen and oxygen atoms in total. The van der Waals surface area contributed by atoms with Gasteiger partial charge in [0.15, 0.2) is 0 Å². The number of anilines is 3. The Kier molecular flexibility index (Phi) is 4.98. The van der Waals surface area contributed by atoms with Crippen LogP contribution in [0.3, 0.4) is 0 Å². The molecule has 5 rings (SSSR count). The van der Waals surface area contributed by atoms with Crippen LogP contribution >= 0.6 is 0 Å². The van der Waals surface area contributed by atoms with Gasteiger partial charge in [0.1, 0.15) is 0 Å². The fourth-order valence-corrected chi connectivity index (χ4v) is 4.55. The summed E-state index contributed by atoms with van der Waals surface area (Å²) in [5, 5.41) is 3.73. The lowest BCUT2D eigenvalue weighted by Gasteiger charge is -2.27. The Morgan fingerprint density at radius 3 is 2.03 bits per heavy atom. The lowest BCUT2D eigenvalue weighted by atomic mass is 9.81. The van der Waals surface area contributed by atoms with Crippen LogP contribution in [-0.2, 0) is 12.8 Å². The first-order valence-corrected chi connectivity index (χ1v) is 10.7. The summed E-state index contributed by atoms with van der Waals surface area (Å²) < 4.78 is 0. The third-order valence-electron chi connectivity index (χ3n) is 6.02. The molecular formula is C28H26N2. The fraction of sp³-hybridized carbons (Fsp3) is 0.143. The molecule has 3 N–H and O–H groups in total. The zero-order chi connectivity index (χ0) is 20.3. The second-order valence-corrected chi connectivity index (χ2v) is 7.96. The van der Waals surface area contributed by atoms with E-state index in [0.717, 1.165) is 29.9 Å². The Bertz CT molecular complexity index is 1160. The van der Waals surface area contributed by atoms with Gasteiger partial charge < -0.3 is 11.1 Å². The number of fused-ring (bicyclic) bond motifs is 1. The Morgan fingerprint density at radius 2 is 1.30 bits per heavy atom. The number of benzene rings is 4. The van der Waals surface area contributed by atoms with Gasteiger partial charge in [0, 0.05) is 11.1 Å². The summed E-state index contributed by atoms with van der Waals surface area (Å²) in [5.74, 6) is 0. The third kappa shape index (κ3) is 3.46. The summed E-state index contributed by atoms with van der Waals surface area (Å²) in [4.78, 5) is 0. The maximum absolute atomic E-state index is 6.32. The molecule has 0 heterocycles. The number of para-hydroxylation sites is 2. The molecule has 0 fully saturated rings. The second kappa shape index (κ2) is 8.08. The van der Waals surface area contributed by atoms with Crippen LogP contribution in [0.1, 0.15) is 24.0 Å². The van der Waals surface area contributed by atoms with Crippen LogP contribution in [0.25, 0.3) is 22.3 Å². The molecule has 0 saturated carbocycles. The molecule has 0 radical (unpaired) electrons. The predicted octanol–water partition coefficient (Wildman–Crippen LogP) is 7.23. The van der Waals surface area contributed by atoms with Gasteiger partial charge in [-0.3, -0.25) is 0 Å². The molecule has 4 aromatic rings. The van der Waals surface area contributed by atoms with E-state index in [9.17, 15) is 0 Å². The second-order valence-electron chi connectivity index (χ2n) is 7.96. The molecule has 30 heavy (non-hydrogen) atoms. The van der Waals surface area contributed by atoms with Gasteiger partial charge in [-0.15, -0.1) is 0 Å². The van der Waals surface area contributed by atoms with Crippen LogP contribution in [0.5, 0.6) is 0 Å². The Balaban J connectivity index is 1.81. The van der Waals surface area contributed by atoms with E-state index < -0.39 is 0 Å². The third-order valence-corrected chi connectivity index (χ3v) is 6.02. The molecule has 0 aliphatic heterocycles. The summed E-state index contributed by atoms with van der Waals surface area (Å²) in [7, 11) is 0. The largest absolute Gasteiger partial charge is 0.397 e. The topological polar surface area (TPSA) is 38.0 Å². The molecule has 148 valence electrons. The molecule has 0 unspecified atom stereocenters. The van der Waals surface area contributed by atoms with Crippen molar-refractivity contribution in [3.05, 3.63) is 102 Å². The van der Waals surface area contributed by atoms with Gasteiger partial charge in [-0.2, -0.15) is 0 Å². The average molecular weight is 391 g/mol. The first-order valence-electron chi connectivity index (χ1n) is 10.7. The number of rotatable bonds is 4. The average Bonchev–Trinajstić information content (AvgIpc) is 2.81. The van der Waals surface area contributed by atoms with E-state index >= 15 is 0 Å². The van der Waals surface area contributed by atoms with Crippen molar-refractivity contribution in [1.82, 2.24) is 0 Å². The quantitative estimate of drug-likeness (QED) is 0.361. The first kappa shape index (κ1) is 18.5. The van der Waals surface area contributed by atoms with E-state index in [4.69, 9.17) is 5.73 Å². The highest BCUT2D eigenvalue weighted by atomic mass is 14.9. The zero-order valence-corrected chi connectivity index (χ0v) is 17.1. The van der Waals surface area contributed by atoms with E-state index in [1.54, 1.807) is 0 Å². The minimum absolute atomic E-state index is 0.758. The number of nitrogens with one attached hydrogen (secondary N) is 1. The molecule has 0 saturated heterocycles. The number of aryl methyl sites for hydroxylation is 1. The van der Waals surface area contributed by atoms with Crippen molar-refractivity contribution in [2.24, 2.45) is 0 Å². The van der Waals surface area contributed by atoms with Crippen molar-refractivity contribution in [1.29, 1.82) is 0 Å².